The molecule has 0 aliphatic rings. The van der Waals surface area contributed by atoms with Crippen molar-refractivity contribution in [2.45, 2.75) is 6.42 Å². The number of nitrogens with zero attached hydrogens (tertiary/aromatic N) is 3. The van der Waals surface area contributed by atoms with Crippen LogP contribution >= 0.6 is 23.2 Å². The molecule has 5 heteroatoms. The largest absolute Gasteiger partial charge is 0.265 e. The average Bonchev–Trinajstić information content (AvgIpc) is 2.92. The molecule has 0 saturated heterocycles. The summed E-state index contributed by atoms with van der Waals surface area (Å²) < 4.78 is 1.76. The Morgan fingerprint density at radius 3 is 2.48 bits per heavy atom. The normalized spacial score (nSPS) is 11.4. The van der Waals surface area contributed by atoms with E-state index in [1.165, 1.54) is 11.1 Å². The molecule has 0 N–H and O–H groups in total. The molecule has 0 aliphatic heterocycles. The summed E-state index contributed by atoms with van der Waals surface area (Å²) in [6.45, 7) is 0. The summed E-state index contributed by atoms with van der Waals surface area (Å²) in [4.78, 5) is 4.63. The van der Waals surface area contributed by atoms with Crippen LogP contribution in [0.15, 0.2) is 48.7 Å². The molecular weight excluding hydrogens is 329 g/mol. The number of aromatic nitrogens is 3. The summed E-state index contributed by atoms with van der Waals surface area (Å²) in [6, 6.07) is 14.1. The summed E-state index contributed by atoms with van der Waals surface area (Å²) in [5, 5.41) is 6.63. The summed E-state index contributed by atoms with van der Waals surface area (Å²) in [5.41, 5.74) is 4.96. The predicted molar refractivity (Wildman–Crippen MR) is 95.3 cm³/mol. The number of benzene rings is 2. The van der Waals surface area contributed by atoms with Crippen molar-refractivity contribution in [3.8, 4) is 0 Å². The van der Waals surface area contributed by atoms with Crippen LogP contribution in [0.5, 0.6) is 0 Å². The Labute approximate surface area is 143 Å². The van der Waals surface area contributed by atoms with E-state index in [1.54, 1.807) is 10.9 Å². The minimum absolute atomic E-state index is 0.697. The van der Waals surface area contributed by atoms with Gasteiger partial charge in [0.15, 0.2) is 0 Å². The zero-order valence-electron chi connectivity index (χ0n) is 12.4. The van der Waals surface area contributed by atoms with Crippen molar-refractivity contribution in [3.05, 3.63) is 69.8 Å². The number of hydrogen-bond donors (Lipinski definition) is 0. The van der Waals surface area contributed by atoms with Gasteiger partial charge in [0.05, 0.1) is 16.7 Å². The molecule has 0 radical (unpaired) electrons. The van der Waals surface area contributed by atoms with Crippen LogP contribution in [0.3, 0.4) is 0 Å². The summed E-state index contributed by atoms with van der Waals surface area (Å²) in [7, 11) is 1.87. The highest BCUT2D eigenvalue weighted by Crippen LogP contribution is 2.31. The Morgan fingerprint density at radius 2 is 1.70 bits per heavy atom. The number of halogens is 2. The number of pyridine rings is 1. The standard InChI is InChI=1S/C18H13Cl2N3/c1-23-18-16(10-21-23)22-15-7-4-12(9-14(15)17(18)20)8-11-2-5-13(19)6-3-11/h2-7,9-10H,8H2,1H3. The van der Waals surface area contributed by atoms with E-state index in [-0.39, 0.29) is 0 Å². The Kier molecular flexibility index (Phi) is 3.47. The third kappa shape index (κ3) is 2.56. The highest BCUT2D eigenvalue weighted by atomic mass is 35.5. The molecule has 0 amide bonds. The molecule has 23 heavy (non-hydrogen) atoms. The van der Waals surface area contributed by atoms with E-state index in [9.17, 15) is 0 Å². The molecule has 4 aromatic rings. The van der Waals surface area contributed by atoms with Gasteiger partial charge in [-0.1, -0.05) is 41.4 Å². The Balaban J connectivity index is 1.83. The maximum Gasteiger partial charge on any atom is 0.111 e. The smallest absolute Gasteiger partial charge is 0.111 e. The molecule has 0 bridgehead atoms. The summed E-state index contributed by atoms with van der Waals surface area (Å²) in [6.07, 6.45) is 2.56. The highest BCUT2D eigenvalue weighted by molar-refractivity contribution is 6.39. The van der Waals surface area contributed by atoms with E-state index >= 15 is 0 Å². The van der Waals surface area contributed by atoms with Gasteiger partial charge in [-0.05, 0) is 41.8 Å². The average molecular weight is 342 g/mol. The molecule has 0 spiro atoms. The van der Waals surface area contributed by atoms with Gasteiger partial charge in [-0.3, -0.25) is 4.68 Å². The van der Waals surface area contributed by atoms with Crippen molar-refractivity contribution in [2.24, 2.45) is 7.05 Å². The van der Waals surface area contributed by atoms with Crippen LogP contribution < -0.4 is 0 Å². The van der Waals surface area contributed by atoms with E-state index in [0.29, 0.717) is 5.02 Å². The van der Waals surface area contributed by atoms with Crippen molar-refractivity contribution in [1.29, 1.82) is 0 Å². The minimum atomic E-state index is 0.697. The molecule has 0 saturated carbocycles. The first-order valence-electron chi connectivity index (χ1n) is 7.26. The molecule has 0 aliphatic carbocycles. The van der Waals surface area contributed by atoms with Crippen molar-refractivity contribution in [3.63, 3.8) is 0 Å². The fourth-order valence-corrected chi connectivity index (χ4v) is 3.32. The lowest BCUT2D eigenvalue weighted by molar-refractivity contribution is 0.797. The Hall–Kier alpha value is -2.10. The van der Waals surface area contributed by atoms with Crippen LogP contribution in [0, 0.1) is 0 Å². The van der Waals surface area contributed by atoms with Crippen molar-refractivity contribution < 1.29 is 0 Å². The predicted octanol–water partition coefficient (Wildman–Crippen LogP) is 5.02. The van der Waals surface area contributed by atoms with Crippen LogP contribution in [0.1, 0.15) is 11.1 Å². The molecule has 0 fully saturated rings. The van der Waals surface area contributed by atoms with E-state index in [2.05, 4.69) is 22.2 Å². The molecule has 3 nitrogen and oxygen atoms in total. The van der Waals surface area contributed by atoms with E-state index < -0.39 is 0 Å². The van der Waals surface area contributed by atoms with Crippen LogP contribution in [0.2, 0.25) is 10.0 Å². The van der Waals surface area contributed by atoms with Crippen LogP contribution in [-0.4, -0.2) is 14.8 Å². The van der Waals surface area contributed by atoms with Gasteiger partial charge >= 0.3 is 0 Å². The number of hydrogen-bond acceptors (Lipinski definition) is 2. The van der Waals surface area contributed by atoms with Crippen LogP contribution in [0.4, 0.5) is 0 Å². The molecular formula is C18H13Cl2N3. The monoisotopic (exact) mass is 341 g/mol. The quantitative estimate of drug-likeness (QED) is 0.512. The third-order valence-electron chi connectivity index (χ3n) is 3.99. The maximum atomic E-state index is 6.60. The molecule has 2 aromatic carbocycles. The lowest BCUT2D eigenvalue weighted by Gasteiger charge is -2.07. The first-order chi connectivity index (χ1) is 11.1. The minimum Gasteiger partial charge on any atom is -0.265 e. The van der Waals surface area contributed by atoms with Crippen molar-refractivity contribution in [2.75, 3.05) is 0 Å². The SMILES string of the molecule is Cn1ncc2nc3ccc(Cc4ccc(Cl)cc4)cc3c(Cl)c21. The number of fused-ring (bicyclic) bond motifs is 2. The number of aryl methyl sites for hydroxylation is 1. The topological polar surface area (TPSA) is 30.7 Å². The molecule has 0 unspecified atom stereocenters. The Morgan fingerprint density at radius 1 is 0.957 bits per heavy atom. The second kappa shape index (κ2) is 5.52. The van der Waals surface area contributed by atoms with E-state index in [0.717, 1.165) is 33.4 Å². The van der Waals surface area contributed by atoms with Gasteiger partial charge in [0.1, 0.15) is 11.0 Å². The van der Waals surface area contributed by atoms with Gasteiger partial charge in [-0.25, -0.2) is 4.98 Å². The summed E-state index contributed by atoms with van der Waals surface area (Å²) in [5.74, 6) is 0. The van der Waals surface area contributed by atoms with Gasteiger partial charge in [-0.2, -0.15) is 5.10 Å². The molecule has 4 rings (SSSR count). The van der Waals surface area contributed by atoms with Crippen LogP contribution in [-0.2, 0) is 13.5 Å². The lowest BCUT2D eigenvalue weighted by Crippen LogP contribution is -1.93. The van der Waals surface area contributed by atoms with Crippen molar-refractivity contribution >= 4 is 45.1 Å². The first kappa shape index (κ1) is 14.5. The number of rotatable bonds is 2. The molecule has 0 atom stereocenters. The molecule has 2 heterocycles. The molecule has 114 valence electrons. The summed E-state index contributed by atoms with van der Waals surface area (Å²) >= 11 is 12.5. The fourth-order valence-electron chi connectivity index (χ4n) is 2.82. The van der Waals surface area contributed by atoms with E-state index in [1.807, 2.05) is 37.4 Å². The van der Waals surface area contributed by atoms with Gasteiger partial charge < -0.3 is 0 Å². The zero-order chi connectivity index (χ0) is 16.0. The second-order valence-corrected chi connectivity index (χ2v) is 6.40. The maximum absolute atomic E-state index is 6.60. The van der Waals surface area contributed by atoms with Gasteiger partial charge in [0.25, 0.3) is 0 Å². The zero-order valence-corrected chi connectivity index (χ0v) is 13.9. The molecule has 2 aromatic heterocycles. The fraction of sp³-hybridized carbons (Fsp3) is 0.111. The van der Waals surface area contributed by atoms with Gasteiger partial charge in [0, 0.05) is 17.5 Å². The highest BCUT2D eigenvalue weighted by Gasteiger charge is 2.11. The Bertz CT molecular complexity index is 1020. The second-order valence-electron chi connectivity index (χ2n) is 5.58. The van der Waals surface area contributed by atoms with Gasteiger partial charge in [0.2, 0.25) is 0 Å². The van der Waals surface area contributed by atoms with Crippen molar-refractivity contribution in [1.82, 2.24) is 14.8 Å². The first-order valence-corrected chi connectivity index (χ1v) is 8.02. The van der Waals surface area contributed by atoms with E-state index in [4.69, 9.17) is 23.2 Å². The van der Waals surface area contributed by atoms with Gasteiger partial charge in [-0.15, -0.1) is 0 Å². The lowest BCUT2D eigenvalue weighted by atomic mass is 10.0. The van der Waals surface area contributed by atoms with Crippen LogP contribution in [0.25, 0.3) is 21.9 Å². The third-order valence-corrected chi connectivity index (χ3v) is 4.62.